The third kappa shape index (κ3) is 4.49. The molecular formula is C14H25NO4. The van der Waals surface area contributed by atoms with Crippen LogP contribution in [0.5, 0.6) is 0 Å². The van der Waals surface area contributed by atoms with E-state index in [2.05, 4.69) is 5.32 Å². The second kappa shape index (κ2) is 7.48. The monoisotopic (exact) mass is 271 g/mol. The molecule has 0 radical (unpaired) electrons. The molecule has 1 aliphatic heterocycles. The Morgan fingerprint density at radius 2 is 2.11 bits per heavy atom. The zero-order valence-electron chi connectivity index (χ0n) is 12.0. The average molecular weight is 271 g/mol. The Labute approximate surface area is 114 Å². The minimum atomic E-state index is -0.957. The summed E-state index contributed by atoms with van der Waals surface area (Å²) in [6.07, 6.45) is 2.78. The van der Waals surface area contributed by atoms with Crippen LogP contribution in [0.3, 0.4) is 0 Å². The molecule has 3 atom stereocenters. The number of unbranched alkanes of at least 4 members (excludes halogenated alkanes) is 1. The topological polar surface area (TPSA) is 75.6 Å². The van der Waals surface area contributed by atoms with Crippen LogP contribution in [0.2, 0.25) is 0 Å². The SMILES string of the molecule is CCCC[C@H](NC(=O)C1CCOC1C(C)C)C(=O)O. The van der Waals surface area contributed by atoms with Crippen LogP contribution in [-0.4, -0.2) is 35.7 Å². The summed E-state index contributed by atoms with van der Waals surface area (Å²) in [7, 11) is 0. The Balaban J connectivity index is 2.58. The molecule has 5 heteroatoms. The first kappa shape index (κ1) is 16.0. The summed E-state index contributed by atoms with van der Waals surface area (Å²) in [5.41, 5.74) is 0. The van der Waals surface area contributed by atoms with Gasteiger partial charge in [0.15, 0.2) is 0 Å². The minimum Gasteiger partial charge on any atom is -0.480 e. The second-order valence-corrected chi connectivity index (χ2v) is 5.52. The van der Waals surface area contributed by atoms with Crippen molar-refractivity contribution in [2.45, 2.75) is 58.6 Å². The fourth-order valence-electron chi connectivity index (χ4n) is 2.49. The van der Waals surface area contributed by atoms with Crippen molar-refractivity contribution in [3.63, 3.8) is 0 Å². The Morgan fingerprint density at radius 1 is 1.42 bits per heavy atom. The number of ether oxygens (including phenoxy) is 1. The number of carboxylic acid groups (broad SMARTS) is 1. The molecule has 1 fully saturated rings. The van der Waals surface area contributed by atoms with E-state index in [4.69, 9.17) is 9.84 Å². The van der Waals surface area contributed by atoms with Gasteiger partial charge in [0.05, 0.1) is 12.0 Å². The van der Waals surface area contributed by atoms with Crippen LogP contribution in [0, 0.1) is 11.8 Å². The van der Waals surface area contributed by atoms with Gasteiger partial charge in [0.1, 0.15) is 6.04 Å². The molecule has 1 saturated heterocycles. The first-order chi connectivity index (χ1) is 8.97. The lowest BCUT2D eigenvalue weighted by Crippen LogP contribution is -2.46. The number of rotatable bonds is 7. The highest BCUT2D eigenvalue weighted by Gasteiger charge is 2.37. The zero-order chi connectivity index (χ0) is 14.4. The maximum absolute atomic E-state index is 12.2. The van der Waals surface area contributed by atoms with Crippen LogP contribution in [0.1, 0.15) is 46.5 Å². The van der Waals surface area contributed by atoms with E-state index in [9.17, 15) is 9.59 Å². The van der Waals surface area contributed by atoms with E-state index in [1.54, 1.807) is 0 Å². The molecular weight excluding hydrogens is 246 g/mol. The van der Waals surface area contributed by atoms with Crippen molar-refractivity contribution in [3.8, 4) is 0 Å². The molecule has 1 heterocycles. The molecule has 0 aromatic heterocycles. The van der Waals surface area contributed by atoms with Crippen LogP contribution < -0.4 is 5.32 Å². The zero-order valence-corrected chi connectivity index (χ0v) is 12.0. The van der Waals surface area contributed by atoms with Crippen molar-refractivity contribution in [1.29, 1.82) is 0 Å². The predicted molar refractivity (Wildman–Crippen MR) is 71.8 cm³/mol. The van der Waals surface area contributed by atoms with Crippen molar-refractivity contribution in [3.05, 3.63) is 0 Å². The van der Waals surface area contributed by atoms with Crippen molar-refractivity contribution in [2.24, 2.45) is 11.8 Å². The second-order valence-electron chi connectivity index (χ2n) is 5.52. The molecule has 0 aliphatic carbocycles. The van der Waals surface area contributed by atoms with Gasteiger partial charge >= 0.3 is 5.97 Å². The molecule has 2 unspecified atom stereocenters. The lowest BCUT2D eigenvalue weighted by atomic mass is 9.92. The normalized spacial score (nSPS) is 24.4. The van der Waals surface area contributed by atoms with Crippen molar-refractivity contribution in [1.82, 2.24) is 5.32 Å². The molecule has 2 N–H and O–H groups in total. The molecule has 5 nitrogen and oxygen atoms in total. The highest BCUT2D eigenvalue weighted by Crippen LogP contribution is 2.27. The van der Waals surface area contributed by atoms with Crippen molar-refractivity contribution < 1.29 is 19.4 Å². The molecule has 110 valence electrons. The lowest BCUT2D eigenvalue weighted by Gasteiger charge is -2.23. The summed E-state index contributed by atoms with van der Waals surface area (Å²) in [6, 6.07) is -0.777. The quantitative estimate of drug-likeness (QED) is 0.740. The van der Waals surface area contributed by atoms with Crippen LogP contribution in [0.15, 0.2) is 0 Å². The van der Waals surface area contributed by atoms with E-state index >= 15 is 0 Å². The van der Waals surface area contributed by atoms with Gasteiger partial charge in [0, 0.05) is 6.61 Å². The van der Waals surface area contributed by atoms with Gasteiger partial charge in [-0.2, -0.15) is 0 Å². The Kier molecular flexibility index (Phi) is 6.28. The molecule has 0 spiro atoms. The fourth-order valence-corrected chi connectivity index (χ4v) is 2.49. The Hall–Kier alpha value is -1.10. The van der Waals surface area contributed by atoms with Gasteiger partial charge in [0.2, 0.25) is 5.91 Å². The van der Waals surface area contributed by atoms with Gasteiger partial charge < -0.3 is 15.2 Å². The summed E-state index contributed by atoms with van der Waals surface area (Å²) in [6.45, 7) is 6.61. The first-order valence-corrected chi connectivity index (χ1v) is 7.12. The third-order valence-corrected chi connectivity index (χ3v) is 3.59. The molecule has 1 rings (SSSR count). The first-order valence-electron chi connectivity index (χ1n) is 7.12. The van der Waals surface area contributed by atoms with Crippen LogP contribution in [-0.2, 0) is 14.3 Å². The van der Waals surface area contributed by atoms with Gasteiger partial charge in [0.25, 0.3) is 0 Å². The third-order valence-electron chi connectivity index (χ3n) is 3.59. The van der Waals surface area contributed by atoms with Gasteiger partial charge in [-0.3, -0.25) is 4.79 Å². The van der Waals surface area contributed by atoms with Gasteiger partial charge in [-0.1, -0.05) is 33.6 Å². The number of nitrogens with one attached hydrogen (secondary N) is 1. The standard InChI is InChI=1S/C14H25NO4/c1-4-5-6-11(14(17)18)15-13(16)10-7-8-19-12(10)9(2)3/h9-12H,4-8H2,1-3H3,(H,15,16)(H,17,18)/t10?,11-,12?/m0/s1. The Bertz CT molecular complexity index is 317. The number of aliphatic carboxylic acids is 1. The Morgan fingerprint density at radius 3 is 2.63 bits per heavy atom. The molecule has 0 saturated carbocycles. The number of hydrogen-bond donors (Lipinski definition) is 2. The van der Waals surface area contributed by atoms with Crippen LogP contribution in [0.4, 0.5) is 0 Å². The summed E-state index contributed by atoms with van der Waals surface area (Å²) in [5, 5.41) is 11.8. The van der Waals surface area contributed by atoms with Gasteiger partial charge in [-0.05, 0) is 18.8 Å². The van der Waals surface area contributed by atoms with Crippen LogP contribution >= 0.6 is 0 Å². The summed E-state index contributed by atoms with van der Waals surface area (Å²) in [4.78, 5) is 23.3. The maximum atomic E-state index is 12.2. The summed E-state index contributed by atoms with van der Waals surface area (Å²) in [5.74, 6) is -1.10. The highest BCUT2D eigenvalue weighted by atomic mass is 16.5. The lowest BCUT2D eigenvalue weighted by molar-refractivity contribution is -0.143. The van der Waals surface area contributed by atoms with E-state index in [0.717, 1.165) is 12.8 Å². The summed E-state index contributed by atoms with van der Waals surface area (Å²) >= 11 is 0. The number of carbonyl (C=O) groups excluding carboxylic acids is 1. The largest absolute Gasteiger partial charge is 0.480 e. The van der Waals surface area contributed by atoms with E-state index in [0.29, 0.717) is 19.4 Å². The maximum Gasteiger partial charge on any atom is 0.326 e. The number of carbonyl (C=O) groups is 2. The van der Waals surface area contributed by atoms with Crippen molar-refractivity contribution in [2.75, 3.05) is 6.61 Å². The van der Waals surface area contributed by atoms with Gasteiger partial charge in [-0.25, -0.2) is 4.79 Å². The van der Waals surface area contributed by atoms with Crippen LogP contribution in [0.25, 0.3) is 0 Å². The molecule has 1 aliphatic rings. The molecule has 0 aromatic carbocycles. The van der Waals surface area contributed by atoms with E-state index in [-0.39, 0.29) is 23.8 Å². The van der Waals surface area contributed by atoms with E-state index < -0.39 is 12.0 Å². The number of amides is 1. The predicted octanol–water partition coefficient (Wildman–Crippen LogP) is 1.81. The minimum absolute atomic E-state index is 0.0966. The van der Waals surface area contributed by atoms with Gasteiger partial charge in [-0.15, -0.1) is 0 Å². The molecule has 19 heavy (non-hydrogen) atoms. The number of hydrogen-bond acceptors (Lipinski definition) is 3. The average Bonchev–Trinajstić information content (AvgIpc) is 2.83. The number of carboxylic acids is 1. The van der Waals surface area contributed by atoms with E-state index in [1.165, 1.54) is 0 Å². The fraction of sp³-hybridized carbons (Fsp3) is 0.857. The summed E-state index contributed by atoms with van der Waals surface area (Å²) < 4.78 is 5.56. The highest BCUT2D eigenvalue weighted by molar-refractivity contribution is 5.85. The molecule has 0 aromatic rings. The smallest absolute Gasteiger partial charge is 0.326 e. The molecule has 1 amide bonds. The molecule has 0 bridgehead atoms. The van der Waals surface area contributed by atoms with E-state index in [1.807, 2.05) is 20.8 Å². The van der Waals surface area contributed by atoms with Crippen molar-refractivity contribution >= 4 is 11.9 Å².